The number of carbonyl (C=O) groups is 1. The molecule has 0 aliphatic carbocycles. The minimum absolute atomic E-state index is 0.0261. The van der Waals surface area contributed by atoms with Gasteiger partial charge >= 0.3 is 5.97 Å². The summed E-state index contributed by atoms with van der Waals surface area (Å²) in [6.45, 7) is 1.91. The number of carboxylic acid groups (broad SMARTS) is 1. The summed E-state index contributed by atoms with van der Waals surface area (Å²) in [5.41, 5.74) is 0.959. The van der Waals surface area contributed by atoms with Gasteiger partial charge in [-0.2, -0.15) is 0 Å². The van der Waals surface area contributed by atoms with E-state index in [-0.39, 0.29) is 10.8 Å². The lowest BCUT2D eigenvalue weighted by atomic mass is 10.1. The van der Waals surface area contributed by atoms with Gasteiger partial charge in [0.05, 0.1) is 0 Å². The van der Waals surface area contributed by atoms with E-state index in [9.17, 15) is 4.79 Å². The molecule has 3 nitrogen and oxygen atoms in total. The van der Waals surface area contributed by atoms with Crippen molar-refractivity contribution in [1.82, 2.24) is 4.98 Å². The fraction of sp³-hybridized carbons (Fsp3) is 0.0909. The van der Waals surface area contributed by atoms with E-state index >= 15 is 0 Å². The summed E-state index contributed by atoms with van der Waals surface area (Å²) in [5.74, 6) is -1.07. The number of carboxylic acids is 1. The molecular formula is C11H8ClNO2. The molecule has 1 aromatic heterocycles. The number of aromatic nitrogens is 1. The molecule has 0 saturated carbocycles. The SMILES string of the molecule is Cc1cccc2c(Cl)nc(C(=O)O)cc12. The minimum atomic E-state index is -1.07. The molecule has 0 unspecified atom stereocenters. The molecule has 0 atom stereocenters. The summed E-state index contributed by atoms with van der Waals surface area (Å²) < 4.78 is 0. The highest BCUT2D eigenvalue weighted by Crippen LogP contribution is 2.25. The Morgan fingerprint density at radius 2 is 2.13 bits per heavy atom. The molecular weight excluding hydrogens is 214 g/mol. The third-order valence-corrected chi connectivity index (χ3v) is 2.55. The van der Waals surface area contributed by atoms with Crippen LogP contribution in [-0.2, 0) is 0 Å². The zero-order valence-corrected chi connectivity index (χ0v) is 8.75. The predicted octanol–water partition coefficient (Wildman–Crippen LogP) is 2.89. The summed E-state index contributed by atoms with van der Waals surface area (Å²) in [5, 5.41) is 10.7. The number of benzene rings is 1. The normalized spacial score (nSPS) is 10.5. The van der Waals surface area contributed by atoms with E-state index in [0.717, 1.165) is 16.3 Å². The molecule has 0 amide bonds. The third-order valence-electron chi connectivity index (χ3n) is 2.27. The van der Waals surface area contributed by atoms with Gasteiger partial charge in [-0.05, 0) is 23.9 Å². The van der Waals surface area contributed by atoms with Crippen molar-refractivity contribution >= 4 is 28.3 Å². The van der Waals surface area contributed by atoms with Crippen LogP contribution in [0.4, 0.5) is 0 Å². The number of hydrogen-bond donors (Lipinski definition) is 1. The number of aromatic carboxylic acids is 1. The van der Waals surface area contributed by atoms with Gasteiger partial charge in [-0.3, -0.25) is 0 Å². The van der Waals surface area contributed by atoms with Gasteiger partial charge in [0, 0.05) is 5.39 Å². The van der Waals surface area contributed by atoms with Gasteiger partial charge in [-0.25, -0.2) is 9.78 Å². The van der Waals surface area contributed by atoms with Gasteiger partial charge in [0.15, 0.2) is 5.69 Å². The molecule has 76 valence electrons. The molecule has 0 aliphatic rings. The Morgan fingerprint density at radius 3 is 2.80 bits per heavy atom. The summed E-state index contributed by atoms with van der Waals surface area (Å²) in [4.78, 5) is 14.6. The Balaban J connectivity index is 2.85. The van der Waals surface area contributed by atoms with Gasteiger partial charge < -0.3 is 5.11 Å². The van der Waals surface area contributed by atoms with Crippen molar-refractivity contribution in [1.29, 1.82) is 0 Å². The first-order chi connectivity index (χ1) is 7.09. The standard InChI is InChI=1S/C11H8ClNO2/c1-6-3-2-4-7-8(6)5-9(11(14)15)13-10(7)12/h2-5H,1H3,(H,14,15). The van der Waals surface area contributed by atoms with E-state index in [1.165, 1.54) is 0 Å². The average molecular weight is 222 g/mol. The quantitative estimate of drug-likeness (QED) is 0.754. The van der Waals surface area contributed by atoms with Gasteiger partial charge in [-0.15, -0.1) is 0 Å². The Hall–Kier alpha value is -1.61. The summed E-state index contributed by atoms with van der Waals surface area (Å²) in [7, 11) is 0. The molecule has 0 radical (unpaired) electrons. The van der Waals surface area contributed by atoms with Gasteiger partial charge in [0.2, 0.25) is 0 Å². The van der Waals surface area contributed by atoms with Gasteiger partial charge in [0.1, 0.15) is 5.15 Å². The maximum Gasteiger partial charge on any atom is 0.354 e. The van der Waals surface area contributed by atoms with Gasteiger partial charge in [0.25, 0.3) is 0 Å². The number of aryl methyl sites for hydroxylation is 1. The molecule has 0 aliphatic heterocycles. The first-order valence-electron chi connectivity index (χ1n) is 4.39. The van der Waals surface area contributed by atoms with Crippen molar-refractivity contribution in [3.63, 3.8) is 0 Å². The topological polar surface area (TPSA) is 50.2 Å². The Kier molecular flexibility index (Phi) is 2.32. The molecule has 2 rings (SSSR count). The van der Waals surface area contributed by atoms with Crippen LogP contribution in [0.2, 0.25) is 5.15 Å². The van der Waals surface area contributed by atoms with Crippen molar-refractivity contribution in [2.75, 3.05) is 0 Å². The van der Waals surface area contributed by atoms with Crippen molar-refractivity contribution in [2.45, 2.75) is 6.92 Å². The van der Waals surface area contributed by atoms with E-state index in [1.54, 1.807) is 6.07 Å². The molecule has 1 N–H and O–H groups in total. The van der Waals surface area contributed by atoms with Crippen molar-refractivity contribution in [2.24, 2.45) is 0 Å². The van der Waals surface area contributed by atoms with Crippen molar-refractivity contribution in [3.05, 3.63) is 40.7 Å². The van der Waals surface area contributed by atoms with Crippen molar-refractivity contribution in [3.8, 4) is 0 Å². The number of nitrogens with zero attached hydrogens (tertiary/aromatic N) is 1. The average Bonchev–Trinajstić information content (AvgIpc) is 2.19. The van der Waals surface area contributed by atoms with Crippen LogP contribution in [0.3, 0.4) is 0 Å². The zero-order chi connectivity index (χ0) is 11.0. The molecule has 0 saturated heterocycles. The van der Waals surface area contributed by atoms with Crippen LogP contribution in [0.1, 0.15) is 16.1 Å². The Morgan fingerprint density at radius 1 is 1.40 bits per heavy atom. The highest BCUT2D eigenvalue weighted by molar-refractivity contribution is 6.34. The predicted molar refractivity (Wildman–Crippen MR) is 58.4 cm³/mol. The lowest BCUT2D eigenvalue weighted by Crippen LogP contribution is -2.00. The van der Waals surface area contributed by atoms with Crippen LogP contribution < -0.4 is 0 Å². The van der Waals surface area contributed by atoms with E-state index in [2.05, 4.69) is 4.98 Å². The second-order valence-corrected chi connectivity index (χ2v) is 3.63. The van der Waals surface area contributed by atoms with E-state index in [1.807, 2.05) is 25.1 Å². The highest BCUT2D eigenvalue weighted by atomic mass is 35.5. The molecule has 1 aromatic carbocycles. The van der Waals surface area contributed by atoms with E-state index in [4.69, 9.17) is 16.7 Å². The Bertz CT molecular complexity index is 552. The third kappa shape index (κ3) is 1.66. The zero-order valence-electron chi connectivity index (χ0n) is 7.99. The molecule has 15 heavy (non-hydrogen) atoms. The smallest absolute Gasteiger partial charge is 0.354 e. The second-order valence-electron chi connectivity index (χ2n) is 3.27. The van der Waals surface area contributed by atoms with Gasteiger partial charge in [-0.1, -0.05) is 29.8 Å². The minimum Gasteiger partial charge on any atom is -0.477 e. The largest absolute Gasteiger partial charge is 0.477 e. The molecule has 2 aromatic rings. The lowest BCUT2D eigenvalue weighted by Gasteiger charge is -2.04. The number of rotatable bonds is 1. The van der Waals surface area contributed by atoms with E-state index in [0.29, 0.717) is 0 Å². The molecule has 0 bridgehead atoms. The van der Waals surface area contributed by atoms with Crippen LogP contribution >= 0.6 is 11.6 Å². The maximum atomic E-state index is 10.8. The summed E-state index contributed by atoms with van der Waals surface area (Å²) in [6, 6.07) is 7.14. The van der Waals surface area contributed by atoms with Crippen LogP contribution in [0.5, 0.6) is 0 Å². The number of halogens is 1. The Labute approximate surface area is 91.3 Å². The molecule has 1 heterocycles. The summed E-state index contributed by atoms with van der Waals surface area (Å²) in [6.07, 6.45) is 0. The van der Waals surface area contributed by atoms with Crippen LogP contribution in [0.25, 0.3) is 10.8 Å². The molecule has 0 fully saturated rings. The fourth-order valence-corrected chi connectivity index (χ4v) is 1.75. The maximum absolute atomic E-state index is 10.8. The molecule has 4 heteroatoms. The van der Waals surface area contributed by atoms with Crippen LogP contribution in [-0.4, -0.2) is 16.1 Å². The number of pyridine rings is 1. The van der Waals surface area contributed by atoms with Crippen LogP contribution in [0, 0.1) is 6.92 Å². The molecule has 0 spiro atoms. The lowest BCUT2D eigenvalue weighted by molar-refractivity contribution is 0.0691. The highest BCUT2D eigenvalue weighted by Gasteiger charge is 2.10. The van der Waals surface area contributed by atoms with Crippen LogP contribution in [0.15, 0.2) is 24.3 Å². The van der Waals surface area contributed by atoms with Crippen molar-refractivity contribution < 1.29 is 9.90 Å². The first-order valence-corrected chi connectivity index (χ1v) is 4.76. The number of fused-ring (bicyclic) bond motifs is 1. The van der Waals surface area contributed by atoms with E-state index < -0.39 is 5.97 Å². The first kappa shape index (κ1) is 9.93. The fourth-order valence-electron chi connectivity index (χ4n) is 1.50. The number of hydrogen-bond acceptors (Lipinski definition) is 2. The monoisotopic (exact) mass is 221 g/mol. The summed E-state index contributed by atoms with van der Waals surface area (Å²) >= 11 is 5.90. The second kappa shape index (κ2) is 3.51.